The van der Waals surface area contributed by atoms with E-state index < -0.39 is 39.9 Å². The summed E-state index contributed by atoms with van der Waals surface area (Å²) >= 11 is 0. The van der Waals surface area contributed by atoms with Gasteiger partial charge in [0.1, 0.15) is 28.0 Å². The van der Waals surface area contributed by atoms with Gasteiger partial charge in [-0.3, -0.25) is 14.5 Å². The summed E-state index contributed by atoms with van der Waals surface area (Å²) < 4.78 is 61.2. The van der Waals surface area contributed by atoms with E-state index in [-0.39, 0.29) is 45.7 Å². The highest BCUT2D eigenvalue weighted by molar-refractivity contribution is 7.93. The van der Waals surface area contributed by atoms with E-state index in [4.69, 9.17) is 14.2 Å². The molecule has 234 valence electrons. The minimum atomic E-state index is -4.71. The molecule has 5 rings (SSSR count). The van der Waals surface area contributed by atoms with Gasteiger partial charge in [0.2, 0.25) is 5.91 Å². The van der Waals surface area contributed by atoms with Crippen LogP contribution in [0.2, 0.25) is 0 Å². The second kappa shape index (κ2) is 11.7. The summed E-state index contributed by atoms with van der Waals surface area (Å²) in [7, 11) is 2.57. The molecule has 0 bridgehead atoms. The molecule has 2 heterocycles. The molecule has 0 saturated carbocycles. The molecule has 1 fully saturated rings. The van der Waals surface area contributed by atoms with Crippen molar-refractivity contribution in [3.8, 4) is 17.2 Å². The maximum atomic E-state index is 15.2. The quantitative estimate of drug-likeness (QED) is 0.381. The van der Waals surface area contributed by atoms with Crippen molar-refractivity contribution >= 4 is 27.5 Å². The third kappa shape index (κ3) is 4.66. The number of hydrogen-bond donors (Lipinski definition) is 1. The summed E-state index contributed by atoms with van der Waals surface area (Å²) in [6, 6.07) is 11.3. The van der Waals surface area contributed by atoms with Gasteiger partial charge in [-0.15, -0.1) is 0 Å². The Hall–Kier alpha value is -4.20. The fourth-order valence-corrected chi connectivity index (χ4v) is 7.83. The molecule has 0 radical (unpaired) electrons. The predicted molar refractivity (Wildman–Crippen MR) is 159 cm³/mol. The molecule has 1 saturated heterocycles. The molecule has 0 aliphatic carbocycles. The van der Waals surface area contributed by atoms with Crippen LogP contribution in [-0.2, 0) is 31.8 Å². The number of ether oxygens (including phenoxy) is 3. The summed E-state index contributed by atoms with van der Waals surface area (Å²) in [5.41, 5.74) is -1.54. The van der Waals surface area contributed by atoms with E-state index in [9.17, 15) is 18.3 Å². The van der Waals surface area contributed by atoms with Crippen LogP contribution in [0.5, 0.6) is 17.2 Å². The Kier molecular flexibility index (Phi) is 8.31. The predicted octanol–water partition coefficient (Wildman–Crippen LogP) is 2.88. The van der Waals surface area contributed by atoms with Crippen molar-refractivity contribution in [1.29, 1.82) is 0 Å². The van der Waals surface area contributed by atoms with Gasteiger partial charge >= 0.3 is 0 Å². The number of hydrogen-bond acceptors (Lipinski definition) is 9. The molecule has 2 aliphatic rings. The van der Waals surface area contributed by atoms with E-state index >= 15 is 9.18 Å². The van der Waals surface area contributed by atoms with Gasteiger partial charge in [-0.05, 0) is 60.9 Å². The number of amides is 2. The first-order valence-corrected chi connectivity index (χ1v) is 15.3. The third-order valence-electron chi connectivity index (χ3n) is 8.20. The normalized spacial score (nSPS) is 20.0. The number of benzene rings is 3. The topological polar surface area (TPSA) is 126 Å². The molecular formula is C31H34FN3O8S. The first-order valence-electron chi connectivity index (χ1n) is 13.8. The van der Waals surface area contributed by atoms with Crippen LogP contribution in [0.15, 0.2) is 59.5 Å². The van der Waals surface area contributed by atoms with Crippen LogP contribution >= 0.6 is 0 Å². The van der Waals surface area contributed by atoms with E-state index in [1.165, 1.54) is 56.6 Å². The van der Waals surface area contributed by atoms with Crippen LogP contribution in [0, 0.1) is 5.82 Å². The number of likely N-dealkylation sites (N-methyl/N-ethyl adjacent to an activating group) is 1. The Labute approximate surface area is 255 Å². The summed E-state index contributed by atoms with van der Waals surface area (Å²) in [5.74, 6) is -1.52. The first-order chi connectivity index (χ1) is 21.0. The van der Waals surface area contributed by atoms with Gasteiger partial charge in [-0.2, -0.15) is 0 Å². The molecule has 1 unspecified atom stereocenters. The Bertz CT molecular complexity index is 1730. The second-order valence-corrected chi connectivity index (χ2v) is 12.5. The zero-order valence-electron chi connectivity index (χ0n) is 25.0. The molecule has 44 heavy (non-hydrogen) atoms. The molecule has 11 nitrogen and oxygen atoms in total. The molecule has 2 atom stereocenters. The standard InChI is InChI=1S/C31H34FN3O8S/c1-33(2)29(37)25-7-6-14-34(25)31(23-15-19(18-36)8-12-26(23)42-4)22-16-20(32)9-11-24(22)35(30(31)38)44(39,40)28-13-10-21(41-3)17-27(28)43-5/h8-13,15-17,25,36H,6-7,14,18H2,1-5H3/t25-,31?/m0/s1. The Morgan fingerprint density at radius 3 is 2.36 bits per heavy atom. The molecule has 13 heteroatoms. The van der Waals surface area contributed by atoms with Crippen molar-refractivity contribution < 1.29 is 41.7 Å². The highest BCUT2D eigenvalue weighted by atomic mass is 32.2. The van der Waals surface area contributed by atoms with Crippen molar-refractivity contribution in [1.82, 2.24) is 9.80 Å². The van der Waals surface area contributed by atoms with E-state index in [1.807, 2.05) is 0 Å². The second-order valence-electron chi connectivity index (χ2n) is 10.7. The number of sulfonamides is 1. The Morgan fingerprint density at radius 1 is 1.00 bits per heavy atom. The molecule has 3 aromatic carbocycles. The molecule has 2 aliphatic heterocycles. The number of methoxy groups -OCH3 is 3. The summed E-state index contributed by atoms with van der Waals surface area (Å²) in [5, 5.41) is 10.1. The molecule has 0 spiro atoms. The fourth-order valence-electron chi connectivity index (χ4n) is 6.22. The van der Waals surface area contributed by atoms with Gasteiger partial charge in [-0.25, -0.2) is 17.1 Å². The number of carbonyl (C=O) groups is 2. The van der Waals surface area contributed by atoms with Crippen molar-refractivity contribution in [2.45, 2.75) is 35.9 Å². The average molecular weight is 628 g/mol. The van der Waals surface area contributed by atoms with Crippen LogP contribution in [0.4, 0.5) is 10.1 Å². The molecular weight excluding hydrogens is 593 g/mol. The minimum Gasteiger partial charge on any atom is -0.497 e. The molecule has 2 amide bonds. The van der Waals surface area contributed by atoms with E-state index in [0.29, 0.717) is 28.5 Å². The van der Waals surface area contributed by atoms with Gasteiger partial charge in [0, 0.05) is 37.8 Å². The van der Waals surface area contributed by atoms with Crippen LogP contribution in [-0.4, -0.2) is 83.1 Å². The van der Waals surface area contributed by atoms with Crippen molar-refractivity contribution in [2.24, 2.45) is 0 Å². The molecule has 1 N–H and O–H groups in total. The summed E-state index contributed by atoms with van der Waals surface area (Å²) in [6.07, 6.45) is 0.878. The van der Waals surface area contributed by atoms with Gasteiger partial charge in [-0.1, -0.05) is 6.07 Å². The number of anilines is 1. The van der Waals surface area contributed by atoms with E-state index in [1.54, 1.807) is 31.1 Å². The number of likely N-dealkylation sites (tertiary alicyclic amines) is 1. The van der Waals surface area contributed by atoms with Crippen molar-refractivity contribution in [3.63, 3.8) is 0 Å². The monoisotopic (exact) mass is 627 g/mol. The number of halogens is 1. The number of carbonyl (C=O) groups excluding carboxylic acids is 2. The summed E-state index contributed by atoms with van der Waals surface area (Å²) in [4.78, 5) is 31.5. The van der Waals surface area contributed by atoms with E-state index in [2.05, 4.69) is 0 Å². The SMILES string of the molecule is COc1ccc(S(=O)(=O)N2C(=O)C(c3cc(CO)ccc3OC)(N3CCC[C@H]3C(=O)N(C)C)c3cc(F)ccc32)c(OC)c1. The zero-order chi connectivity index (χ0) is 32.0. The minimum absolute atomic E-state index is 0.0189. The van der Waals surface area contributed by atoms with Gasteiger partial charge in [0.25, 0.3) is 15.9 Å². The zero-order valence-corrected chi connectivity index (χ0v) is 25.9. The average Bonchev–Trinajstić information content (AvgIpc) is 3.60. The van der Waals surface area contributed by atoms with Crippen LogP contribution in [0.25, 0.3) is 0 Å². The van der Waals surface area contributed by atoms with Crippen molar-refractivity contribution in [3.05, 3.63) is 77.1 Å². The lowest BCUT2D eigenvalue weighted by Crippen LogP contribution is -2.59. The summed E-state index contributed by atoms with van der Waals surface area (Å²) in [6.45, 7) is -0.194. The lowest BCUT2D eigenvalue weighted by molar-refractivity contribution is -0.138. The highest BCUT2D eigenvalue weighted by Gasteiger charge is 2.63. The van der Waals surface area contributed by atoms with Crippen LogP contribution in [0.3, 0.4) is 0 Å². The fraction of sp³-hybridized carbons (Fsp3) is 0.355. The van der Waals surface area contributed by atoms with Crippen LogP contribution < -0.4 is 18.5 Å². The first kappa shape index (κ1) is 31.2. The maximum absolute atomic E-state index is 15.2. The number of aliphatic hydroxyl groups is 1. The molecule has 0 aromatic heterocycles. The van der Waals surface area contributed by atoms with Gasteiger partial charge in [0.05, 0.1) is 39.7 Å². The maximum Gasteiger partial charge on any atom is 0.274 e. The highest BCUT2D eigenvalue weighted by Crippen LogP contribution is 2.55. The third-order valence-corrected chi connectivity index (χ3v) is 9.93. The van der Waals surface area contributed by atoms with E-state index in [0.717, 1.165) is 12.1 Å². The van der Waals surface area contributed by atoms with Gasteiger partial charge in [0.15, 0.2) is 5.54 Å². The lowest BCUT2D eigenvalue weighted by atomic mass is 9.80. The van der Waals surface area contributed by atoms with Crippen LogP contribution in [0.1, 0.15) is 29.5 Å². The van der Waals surface area contributed by atoms with Gasteiger partial charge < -0.3 is 24.2 Å². The smallest absolute Gasteiger partial charge is 0.274 e. The Balaban J connectivity index is 1.88. The van der Waals surface area contributed by atoms with Crippen molar-refractivity contribution in [2.75, 3.05) is 46.3 Å². The molecule has 3 aromatic rings. The number of nitrogens with zero attached hydrogens (tertiary/aromatic N) is 3. The number of fused-ring (bicyclic) bond motifs is 1. The largest absolute Gasteiger partial charge is 0.497 e. The number of rotatable bonds is 9. The number of aliphatic hydroxyl groups excluding tert-OH is 1. The Morgan fingerprint density at radius 2 is 1.73 bits per heavy atom. The lowest BCUT2D eigenvalue weighted by Gasteiger charge is -2.42.